The van der Waals surface area contributed by atoms with Crippen molar-refractivity contribution >= 4 is 10.0 Å². The zero-order valence-electron chi connectivity index (χ0n) is 10.5. The Kier molecular flexibility index (Phi) is 3.27. The number of sulfonamides is 1. The highest BCUT2D eigenvalue weighted by Gasteiger charge is 2.27. The minimum Gasteiger partial charge on any atom is -0.331 e. The molecule has 5 nitrogen and oxygen atoms in total. The van der Waals surface area contributed by atoms with Gasteiger partial charge in [0, 0.05) is 12.6 Å². The summed E-state index contributed by atoms with van der Waals surface area (Å²) in [5.41, 5.74) is 0.863. The highest BCUT2D eigenvalue weighted by Crippen LogP contribution is 2.23. The van der Waals surface area contributed by atoms with Gasteiger partial charge in [0.15, 0.2) is 5.03 Å². The van der Waals surface area contributed by atoms with Crippen LogP contribution in [0.15, 0.2) is 5.03 Å². The molecule has 0 unspecified atom stereocenters. The number of rotatable bonds is 3. The first-order chi connectivity index (χ1) is 7.92. The van der Waals surface area contributed by atoms with Gasteiger partial charge in [0.25, 0.3) is 10.0 Å². The monoisotopic (exact) mass is 257 g/mol. The molecule has 0 spiro atoms. The van der Waals surface area contributed by atoms with E-state index in [9.17, 15) is 8.42 Å². The van der Waals surface area contributed by atoms with Crippen molar-refractivity contribution in [3.63, 3.8) is 0 Å². The lowest BCUT2D eigenvalue weighted by Gasteiger charge is -2.16. The van der Waals surface area contributed by atoms with Crippen LogP contribution in [0.1, 0.15) is 38.2 Å². The molecule has 1 aliphatic rings. The number of nitrogens with zero attached hydrogens (tertiary/aromatic N) is 2. The maximum absolute atomic E-state index is 12.1. The van der Waals surface area contributed by atoms with Crippen LogP contribution in [-0.4, -0.2) is 24.0 Å². The second kappa shape index (κ2) is 4.42. The molecule has 0 radical (unpaired) electrons. The molecule has 0 amide bonds. The first-order valence-corrected chi connectivity index (χ1v) is 7.48. The fraction of sp³-hybridized carbons (Fsp3) is 0.727. The lowest BCUT2D eigenvalue weighted by Crippen LogP contribution is -2.31. The van der Waals surface area contributed by atoms with Crippen LogP contribution >= 0.6 is 0 Å². The zero-order chi connectivity index (χ0) is 12.6. The quantitative estimate of drug-likeness (QED) is 0.885. The van der Waals surface area contributed by atoms with E-state index in [1.54, 1.807) is 0 Å². The van der Waals surface area contributed by atoms with Crippen LogP contribution in [0.25, 0.3) is 0 Å². The van der Waals surface area contributed by atoms with Gasteiger partial charge >= 0.3 is 0 Å². The standard InChI is InChI=1S/C11H19N3O2S/c1-8(2)13-17(15,16)11-10-6-4-5-7-14(10)9(3)12-11/h8,13H,4-7H2,1-3H3. The predicted molar refractivity (Wildman–Crippen MR) is 65.4 cm³/mol. The van der Waals surface area contributed by atoms with Crippen molar-refractivity contribution < 1.29 is 8.42 Å². The zero-order valence-corrected chi connectivity index (χ0v) is 11.3. The molecule has 1 aliphatic heterocycles. The molecule has 2 rings (SSSR count). The molecule has 0 aliphatic carbocycles. The summed E-state index contributed by atoms with van der Waals surface area (Å²) in [6.45, 7) is 6.37. The first-order valence-electron chi connectivity index (χ1n) is 6.00. The minimum atomic E-state index is -3.46. The van der Waals surface area contributed by atoms with Crippen LogP contribution in [0.3, 0.4) is 0 Å². The van der Waals surface area contributed by atoms with Gasteiger partial charge in [-0.15, -0.1) is 0 Å². The van der Waals surface area contributed by atoms with Gasteiger partial charge in [0.1, 0.15) is 5.82 Å². The summed E-state index contributed by atoms with van der Waals surface area (Å²) in [6, 6.07) is -0.110. The van der Waals surface area contributed by atoms with E-state index in [-0.39, 0.29) is 11.1 Å². The Morgan fingerprint density at radius 3 is 2.71 bits per heavy atom. The third-order valence-electron chi connectivity index (χ3n) is 2.92. The number of nitrogens with one attached hydrogen (secondary N) is 1. The van der Waals surface area contributed by atoms with E-state index in [0.717, 1.165) is 37.3 Å². The molecule has 0 saturated carbocycles. The van der Waals surface area contributed by atoms with Crippen molar-refractivity contribution in [3.05, 3.63) is 11.5 Å². The highest BCUT2D eigenvalue weighted by molar-refractivity contribution is 7.89. The van der Waals surface area contributed by atoms with Crippen LogP contribution in [-0.2, 0) is 23.0 Å². The van der Waals surface area contributed by atoms with Gasteiger partial charge in [0.2, 0.25) is 0 Å². The van der Waals surface area contributed by atoms with Gasteiger partial charge in [-0.3, -0.25) is 0 Å². The highest BCUT2D eigenvalue weighted by atomic mass is 32.2. The number of imidazole rings is 1. The van der Waals surface area contributed by atoms with E-state index in [1.807, 2.05) is 25.3 Å². The predicted octanol–water partition coefficient (Wildman–Crippen LogP) is 1.21. The molecule has 1 aromatic rings. The van der Waals surface area contributed by atoms with Crippen LogP contribution in [0, 0.1) is 6.92 Å². The molecular weight excluding hydrogens is 238 g/mol. The Morgan fingerprint density at radius 2 is 2.06 bits per heavy atom. The summed E-state index contributed by atoms with van der Waals surface area (Å²) in [5, 5.41) is 0.225. The maximum atomic E-state index is 12.1. The number of hydrogen-bond donors (Lipinski definition) is 1. The van der Waals surface area contributed by atoms with E-state index in [0.29, 0.717) is 0 Å². The van der Waals surface area contributed by atoms with Gasteiger partial charge in [0.05, 0.1) is 5.69 Å². The lowest BCUT2D eigenvalue weighted by atomic mass is 10.1. The fourth-order valence-electron chi connectivity index (χ4n) is 2.26. The topological polar surface area (TPSA) is 64.0 Å². The molecule has 0 atom stereocenters. The first kappa shape index (κ1) is 12.6. The summed E-state index contributed by atoms with van der Waals surface area (Å²) in [7, 11) is -3.46. The van der Waals surface area contributed by atoms with Crippen LogP contribution < -0.4 is 4.72 Å². The summed E-state index contributed by atoms with van der Waals surface area (Å²) in [5.74, 6) is 0.795. The molecule has 0 fully saturated rings. The summed E-state index contributed by atoms with van der Waals surface area (Å²) >= 11 is 0. The normalized spacial score (nSPS) is 16.2. The van der Waals surface area contributed by atoms with Crippen LogP contribution in [0.4, 0.5) is 0 Å². The van der Waals surface area contributed by atoms with Crippen LogP contribution in [0.5, 0.6) is 0 Å². The van der Waals surface area contributed by atoms with Crippen molar-refractivity contribution in [2.75, 3.05) is 0 Å². The molecule has 1 aromatic heterocycles. The maximum Gasteiger partial charge on any atom is 0.260 e. The van der Waals surface area contributed by atoms with E-state index in [1.165, 1.54) is 0 Å². The third-order valence-corrected chi connectivity index (χ3v) is 4.54. The summed E-state index contributed by atoms with van der Waals surface area (Å²) in [6.07, 6.45) is 2.94. The Morgan fingerprint density at radius 1 is 1.35 bits per heavy atom. The Labute approximate surface area is 102 Å². The number of hydrogen-bond acceptors (Lipinski definition) is 3. The van der Waals surface area contributed by atoms with Crippen molar-refractivity contribution in [1.82, 2.24) is 14.3 Å². The van der Waals surface area contributed by atoms with Crippen LogP contribution in [0.2, 0.25) is 0 Å². The van der Waals surface area contributed by atoms with Crippen molar-refractivity contribution in [3.8, 4) is 0 Å². The number of aryl methyl sites for hydroxylation is 1. The molecule has 6 heteroatoms. The SMILES string of the molecule is Cc1nc(S(=O)(=O)NC(C)C)c2n1CCCC2. The van der Waals surface area contributed by atoms with Crippen molar-refractivity contribution in [2.24, 2.45) is 0 Å². The van der Waals surface area contributed by atoms with Gasteiger partial charge in [-0.2, -0.15) is 0 Å². The smallest absolute Gasteiger partial charge is 0.260 e. The van der Waals surface area contributed by atoms with E-state index in [4.69, 9.17) is 0 Å². The van der Waals surface area contributed by atoms with E-state index >= 15 is 0 Å². The lowest BCUT2D eigenvalue weighted by molar-refractivity contribution is 0.513. The molecule has 96 valence electrons. The number of aromatic nitrogens is 2. The molecular formula is C11H19N3O2S. The molecule has 2 heterocycles. The van der Waals surface area contributed by atoms with Gasteiger partial charge < -0.3 is 4.57 Å². The largest absolute Gasteiger partial charge is 0.331 e. The Balaban J connectivity index is 2.46. The third kappa shape index (κ3) is 2.37. The molecule has 0 bridgehead atoms. The van der Waals surface area contributed by atoms with E-state index < -0.39 is 10.0 Å². The molecule has 17 heavy (non-hydrogen) atoms. The van der Waals surface area contributed by atoms with Crippen molar-refractivity contribution in [1.29, 1.82) is 0 Å². The summed E-state index contributed by atoms with van der Waals surface area (Å²) < 4.78 is 28.9. The van der Waals surface area contributed by atoms with Gasteiger partial charge in [-0.05, 0) is 40.0 Å². The summed E-state index contributed by atoms with van der Waals surface area (Å²) in [4.78, 5) is 4.23. The van der Waals surface area contributed by atoms with E-state index in [2.05, 4.69) is 9.71 Å². The molecule has 0 saturated heterocycles. The second-order valence-corrected chi connectivity index (χ2v) is 6.42. The Hall–Kier alpha value is -0.880. The Bertz CT molecular complexity index is 517. The van der Waals surface area contributed by atoms with Crippen molar-refractivity contribution in [2.45, 2.75) is 57.6 Å². The average Bonchev–Trinajstić information content (AvgIpc) is 2.56. The fourth-order valence-corrected chi connectivity index (χ4v) is 3.77. The minimum absolute atomic E-state index is 0.110. The second-order valence-electron chi connectivity index (χ2n) is 4.80. The average molecular weight is 257 g/mol. The molecule has 1 N–H and O–H groups in total. The molecule has 0 aromatic carbocycles. The van der Waals surface area contributed by atoms with Gasteiger partial charge in [-0.1, -0.05) is 0 Å². The van der Waals surface area contributed by atoms with Gasteiger partial charge in [-0.25, -0.2) is 18.1 Å². The number of fused-ring (bicyclic) bond motifs is 1.